The molecular weight excluding hydrogens is 456 g/mol. The SMILES string of the molecule is Cc1cc(C(N)=O)ccc1N(CC(C)C)S(=O)(=O)c1ccc(OCC2CCOCC2)c(CO)c1. The number of hydrogen-bond donors (Lipinski definition) is 2. The van der Waals surface area contributed by atoms with Crippen LogP contribution in [0.3, 0.4) is 0 Å². The van der Waals surface area contributed by atoms with Crippen molar-refractivity contribution in [2.24, 2.45) is 17.6 Å². The fourth-order valence-corrected chi connectivity index (χ4v) is 5.72. The molecule has 0 aromatic heterocycles. The molecule has 0 saturated carbocycles. The van der Waals surface area contributed by atoms with E-state index in [0.29, 0.717) is 53.9 Å². The number of nitrogens with zero attached hydrogens (tertiary/aromatic N) is 1. The van der Waals surface area contributed by atoms with Gasteiger partial charge in [0.1, 0.15) is 5.75 Å². The fourth-order valence-electron chi connectivity index (χ4n) is 3.97. The number of ether oxygens (including phenoxy) is 2. The number of carbonyl (C=O) groups excluding carboxylic acids is 1. The molecule has 0 atom stereocenters. The van der Waals surface area contributed by atoms with Crippen molar-refractivity contribution in [1.82, 2.24) is 0 Å². The zero-order valence-electron chi connectivity index (χ0n) is 20.0. The number of rotatable bonds is 10. The number of hydrogen-bond acceptors (Lipinski definition) is 6. The van der Waals surface area contributed by atoms with Crippen LogP contribution in [0.1, 0.15) is 48.2 Å². The van der Waals surface area contributed by atoms with E-state index in [0.717, 1.165) is 12.8 Å². The highest BCUT2D eigenvalue weighted by Crippen LogP contribution is 2.31. The third-order valence-corrected chi connectivity index (χ3v) is 7.66. The van der Waals surface area contributed by atoms with E-state index in [1.165, 1.54) is 22.5 Å². The molecule has 0 radical (unpaired) electrons. The van der Waals surface area contributed by atoms with Gasteiger partial charge in [-0.2, -0.15) is 0 Å². The minimum atomic E-state index is -3.96. The molecule has 0 unspecified atom stereocenters. The van der Waals surface area contributed by atoms with Crippen molar-refractivity contribution in [3.05, 3.63) is 53.1 Å². The zero-order valence-corrected chi connectivity index (χ0v) is 20.8. The third kappa shape index (κ3) is 6.08. The lowest BCUT2D eigenvalue weighted by atomic mass is 10.0. The maximum atomic E-state index is 13.7. The molecule has 1 aliphatic rings. The maximum Gasteiger partial charge on any atom is 0.264 e. The Labute approximate surface area is 201 Å². The molecule has 0 spiro atoms. The molecule has 3 rings (SSSR count). The van der Waals surface area contributed by atoms with Gasteiger partial charge in [-0.25, -0.2) is 8.42 Å². The van der Waals surface area contributed by atoms with Crippen LogP contribution in [-0.2, 0) is 21.4 Å². The van der Waals surface area contributed by atoms with Gasteiger partial charge in [-0.05, 0) is 73.6 Å². The van der Waals surface area contributed by atoms with Crippen LogP contribution in [0.15, 0.2) is 41.3 Å². The second-order valence-electron chi connectivity index (χ2n) is 9.09. The molecule has 3 N–H and O–H groups in total. The number of carbonyl (C=O) groups is 1. The van der Waals surface area contributed by atoms with Gasteiger partial charge in [0.05, 0.1) is 23.8 Å². The molecule has 186 valence electrons. The van der Waals surface area contributed by atoms with Crippen LogP contribution in [0.2, 0.25) is 0 Å². The van der Waals surface area contributed by atoms with E-state index in [1.54, 1.807) is 25.1 Å². The number of nitrogens with two attached hydrogens (primary N) is 1. The predicted octanol–water partition coefficient (Wildman–Crippen LogP) is 3.24. The van der Waals surface area contributed by atoms with Crippen LogP contribution in [0, 0.1) is 18.8 Å². The summed E-state index contributed by atoms with van der Waals surface area (Å²) in [4.78, 5) is 11.6. The Hall–Kier alpha value is -2.62. The highest BCUT2D eigenvalue weighted by molar-refractivity contribution is 7.92. The molecule has 2 aromatic carbocycles. The third-order valence-electron chi connectivity index (χ3n) is 5.89. The molecule has 1 aliphatic heterocycles. The summed E-state index contributed by atoms with van der Waals surface area (Å²) < 4.78 is 40.1. The minimum absolute atomic E-state index is 0.0457. The van der Waals surface area contributed by atoms with Crippen molar-refractivity contribution in [1.29, 1.82) is 0 Å². The Morgan fingerprint density at radius 2 is 1.91 bits per heavy atom. The van der Waals surface area contributed by atoms with Crippen molar-refractivity contribution in [2.75, 3.05) is 30.7 Å². The Bertz CT molecular complexity index is 1110. The largest absolute Gasteiger partial charge is 0.493 e. The summed E-state index contributed by atoms with van der Waals surface area (Å²) in [7, 11) is -3.96. The van der Waals surface area contributed by atoms with Gasteiger partial charge in [0.2, 0.25) is 5.91 Å². The molecule has 1 amide bonds. The standard InChI is InChI=1S/C25H34N2O6S/c1-17(2)14-27(23-6-4-20(25(26)29)12-18(23)3)34(30,31)22-5-7-24(21(13-22)15-28)33-16-19-8-10-32-11-9-19/h4-7,12-13,17,19,28H,8-11,14-16H2,1-3H3,(H2,26,29). The lowest BCUT2D eigenvalue weighted by Gasteiger charge is -2.28. The second kappa shape index (κ2) is 11.2. The van der Waals surface area contributed by atoms with Crippen LogP contribution in [0.25, 0.3) is 0 Å². The van der Waals surface area contributed by atoms with Gasteiger partial charge in [-0.15, -0.1) is 0 Å². The van der Waals surface area contributed by atoms with Gasteiger partial charge in [0, 0.05) is 30.9 Å². The van der Waals surface area contributed by atoms with E-state index < -0.39 is 15.9 Å². The number of benzene rings is 2. The van der Waals surface area contributed by atoms with Crippen LogP contribution < -0.4 is 14.8 Å². The molecule has 9 heteroatoms. The number of aliphatic hydroxyl groups is 1. The van der Waals surface area contributed by atoms with Gasteiger partial charge < -0.3 is 20.3 Å². The van der Waals surface area contributed by atoms with Gasteiger partial charge in [0.25, 0.3) is 10.0 Å². The van der Waals surface area contributed by atoms with Crippen molar-refractivity contribution in [3.8, 4) is 5.75 Å². The quantitative estimate of drug-likeness (QED) is 0.528. The molecule has 0 aliphatic carbocycles. The lowest BCUT2D eigenvalue weighted by molar-refractivity contribution is 0.0494. The van der Waals surface area contributed by atoms with E-state index in [2.05, 4.69) is 0 Å². The van der Waals surface area contributed by atoms with Crippen molar-refractivity contribution in [3.63, 3.8) is 0 Å². The van der Waals surface area contributed by atoms with Gasteiger partial charge in [-0.1, -0.05) is 13.8 Å². The van der Waals surface area contributed by atoms with E-state index in [4.69, 9.17) is 15.2 Å². The van der Waals surface area contributed by atoms with Gasteiger partial charge in [-0.3, -0.25) is 9.10 Å². The van der Waals surface area contributed by atoms with E-state index in [1.807, 2.05) is 13.8 Å². The van der Waals surface area contributed by atoms with Crippen LogP contribution in [0.5, 0.6) is 5.75 Å². The Morgan fingerprint density at radius 1 is 1.21 bits per heavy atom. The summed E-state index contributed by atoms with van der Waals surface area (Å²) in [5.74, 6) is 0.322. The Morgan fingerprint density at radius 3 is 2.50 bits per heavy atom. The number of aliphatic hydroxyl groups excluding tert-OH is 1. The predicted molar refractivity (Wildman–Crippen MR) is 130 cm³/mol. The van der Waals surface area contributed by atoms with Crippen molar-refractivity contribution >= 4 is 21.6 Å². The summed E-state index contributed by atoms with van der Waals surface area (Å²) in [5.41, 5.74) is 7.20. The average molecular weight is 491 g/mol. The molecule has 1 fully saturated rings. The Balaban J connectivity index is 1.92. The molecular formula is C25H34N2O6S. The second-order valence-corrected chi connectivity index (χ2v) is 11.0. The monoisotopic (exact) mass is 490 g/mol. The minimum Gasteiger partial charge on any atom is -0.493 e. The average Bonchev–Trinajstić information content (AvgIpc) is 2.81. The first-order valence-electron chi connectivity index (χ1n) is 11.5. The fraction of sp³-hybridized carbons (Fsp3) is 0.480. The Kier molecular flexibility index (Phi) is 8.57. The van der Waals surface area contributed by atoms with Crippen LogP contribution >= 0.6 is 0 Å². The highest BCUT2D eigenvalue weighted by atomic mass is 32.2. The van der Waals surface area contributed by atoms with Crippen LogP contribution in [0.4, 0.5) is 5.69 Å². The number of sulfonamides is 1. The van der Waals surface area contributed by atoms with Gasteiger partial charge >= 0.3 is 0 Å². The molecule has 0 bridgehead atoms. The van der Waals surface area contributed by atoms with Crippen LogP contribution in [-0.4, -0.2) is 45.8 Å². The first-order chi connectivity index (χ1) is 16.1. The lowest BCUT2D eigenvalue weighted by Crippen LogP contribution is -2.35. The summed E-state index contributed by atoms with van der Waals surface area (Å²) in [5, 5.41) is 9.92. The maximum absolute atomic E-state index is 13.7. The number of anilines is 1. The molecule has 34 heavy (non-hydrogen) atoms. The smallest absolute Gasteiger partial charge is 0.264 e. The first kappa shape index (κ1) is 26.0. The zero-order chi connectivity index (χ0) is 24.9. The van der Waals surface area contributed by atoms with Crippen molar-refractivity contribution < 1.29 is 27.8 Å². The number of primary amides is 1. The number of aryl methyl sites for hydroxylation is 1. The topological polar surface area (TPSA) is 119 Å². The van der Waals surface area contributed by atoms with E-state index >= 15 is 0 Å². The van der Waals surface area contributed by atoms with Gasteiger partial charge in [0.15, 0.2) is 0 Å². The molecule has 8 nitrogen and oxygen atoms in total. The van der Waals surface area contributed by atoms with E-state index in [9.17, 15) is 18.3 Å². The molecule has 2 aromatic rings. The summed E-state index contributed by atoms with van der Waals surface area (Å²) in [6.45, 7) is 7.43. The summed E-state index contributed by atoms with van der Waals surface area (Å²) in [6, 6.07) is 9.30. The molecule has 1 saturated heterocycles. The first-order valence-corrected chi connectivity index (χ1v) is 12.9. The summed E-state index contributed by atoms with van der Waals surface area (Å²) in [6.07, 6.45) is 1.83. The normalized spacial score (nSPS) is 14.9. The summed E-state index contributed by atoms with van der Waals surface area (Å²) >= 11 is 0. The van der Waals surface area contributed by atoms with E-state index in [-0.39, 0.29) is 24.0 Å². The molecule has 1 heterocycles. The highest BCUT2D eigenvalue weighted by Gasteiger charge is 2.28. The number of amides is 1. The van der Waals surface area contributed by atoms with Crippen molar-refractivity contribution in [2.45, 2.75) is 45.1 Å².